The number of hydrogen-bond donors (Lipinski definition) is 1. The predicted molar refractivity (Wildman–Crippen MR) is 52.4 cm³/mol. The molecule has 66 valence electrons. The molecule has 0 radical (unpaired) electrons. The van der Waals surface area contributed by atoms with Gasteiger partial charge in [-0.05, 0) is 17.7 Å². The van der Waals surface area contributed by atoms with E-state index in [1.165, 1.54) is 11.3 Å². The van der Waals surface area contributed by atoms with E-state index in [0.29, 0.717) is 5.82 Å². The van der Waals surface area contributed by atoms with Gasteiger partial charge in [0, 0.05) is 17.8 Å². The van der Waals surface area contributed by atoms with Crippen LogP contribution in [0.3, 0.4) is 0 Å². The third-order valence-corrected chi connectivity index (χ3v) is 2.16. The van der Waals surface area contributed by atoms with Gasteiger partial charge in [-0.3, -0.25) is 0 Å². The first-order valence-corrected chi connectivity index (χ1v) is 4.75. The number of thiazole rings is 1. The molecule has 4 nitrogen and oxygen atoms in total. The monoisotopic (exact) mass is 212 g/mol. The molecule has 0 aromatic carbocycles. The largest absolute Gasteiger partial charge is 0.316 e. The molecule has 0 unspecified atom stereocenters. The lowest BCUT2D eigenvalue weighted by Gasteiger charge is -1.99. The molecule has 2 rings (SSSR count). The number of aromatic nitrogens is 3. The van der Waals surface area contributed by atoms with E-state index in [2.05, 4.69) is 20.3 Å². The number of hydrogen-bond acceptors (Lipinski definition) is 5. The highest BCUT2D eigenvalue weighted by molar-refractivity contribution is 7.13. The maximum absolute atomic E-state index is 5.61. The van der Waals surface area contributed by atoms with Crippen LogP contribution in [0.25, 0.3) is 0 Å². The standard InChI is InChI=1S/C7H5ClN4S/c8-6-9-2-1-5(11-6)12-7-10-3-4-13-7/h1-4H,(H,9,10,11,12). The Balaban J connectivity index is 2.19. The number of rotatable bonds is 2. The minimum atomic E-state index is 0.224. The van der Waals surface area contributed by atoms with Crippen LogP contribution < -0.4 is 5.32 Å². The van der Waals surface area contributed by atoms with Crippen molar-refractivity contribution >= 4 is 33.9 Å². The Bertz CT molecular complexity index is 389. The topological polar surface area (TPSA) is 50.7 Å². The molecular weight excluding hydrogens is 208 g/mol. The Labute approximate surface area is 83.6 Å². The van der Waals surface area contributed by atoms with Crippen LogP contribution in [0, 0.1) is 0 Å². The Morgan fingerprint density at radius 2 is 2.23 bits per heavy atom. The van der Waals surface area contributed by atoms with Crippen LogP contribution in [0.4, 0.5) is 10.9 Å². The second kappa shape index (κ2) is 3.68. The van der Waals surface area contributed by atoms with Crippen LogP contribution in [-0.2, 0) is 0 Å². The predicted octanol–water partition coefficient (Wildman–Crippen LogP) is 2.33. The van der Waals surface area contributed by atoms with E-state index >= 15 is 0 Å². The summed E-state index contributed by atoms with van der Waals surface area (Å²) in [7, 11) is 0. The van der Waals surface area contributed by atoms with Gasteiger partial charge >= 0.3 is 0 Å². The third kappa shape index (κ3) is 2.13. The van der Waals surface area contributed by atoms with E-state index in [4.69, 9.17) is 11.6 Å². The van der Waals surface area contributed by atoms with Crippen molar-refractivity contribution in [2.75, 3.05) is 5.32 Å². The molecule has 0 aliphatic rings. The highest BCUT2D eigenvalue weighted by Gasteiger charge is 1.98. The normalized spacial score (nSPS) is 9.92. The fourth-order valence-electron chi connectivity index (χ4n) is 0.799. The summed E-state index contributed by atoms with van der Waals surface area (Å²) in [6.45, 7) is 0. The molecule has 0 atom stereocenters. The van der Waals surface area contributed by atoms with Crippen molar-refractivity contribution in [3.8, 4) is 0 Å². The summed E-state index contributed by atoms with van der Waals surface area (Å²) in [5.74, 6) is 0.648. The highest BCUT2D eigenvalue weighted by atomic mass is 35.5. The molecule has 2 heterocycles. The van der Waals surface area contributed by atoms with Gasteiger partial charge in [0.1, 0.15) is 5.82 Å². The van der Waals surface area contributed by atoms with E-state index in [1.807, 2.05) is 5.38 Å². The van der Waals surface area contributed by atoms with Gasteiger partial charge < -0.3 is 5.32 Å². The van der Waals surface area contributed by atoms with Gasteiger partial charge in [0.2, 0.25) is 5.28 Å². The van der Waals surface area contributed by atoms with Gasteiger partial charge in [-0.25, -0.2) is 15.0 Å². The lowest BCUT2D eigenvalue weighted by atomic mass is 10.6. The van der Waals surface area contributed by atoms with Crippen molar-refractivity contribution in [3.05, 3.63) is 29.1 Å². The van der Waals surface area contributed by atoms with Gasteiger partial charge in [0.25, 0.3) is 0 Å². The summed E-state index contributed by atoms with van der Waals surface area (Å²) >= 11 is 7.10. The SMILES string of the molecule is Clc1nccc(Nc2nccs2)n1. The fraction of sp³-hybridized carbons (Fsp3) is 0. The van der Waals surface area contributed by atoms with Crippen molar-refractivity contribution in [3.63, 3.8) is 0 Å². The average molecular weight is 213 g/mol. The Hall–Kier alpha value is -1.20. The van der Waals surface area contributed by atoms with Crippen molar-refractivity contribution in [2.24, 2.45) is 0 Å². The third-order valence-electron chi connectivity index (χ3n) is 1.29. The summed E-state index contributed by atoms with van der Waals surface area (Å²) in [5.41, 5.74) is 0. The number of nitrogens with one attached hydrogen (secondary N) is 1. The molecule has 2 aromatic rings. The molecule has 0 aliphatic heterocycles. The zero-order chi connectivity index (χ0) is 9.10. The maximum Gasteiger partial charge on any atom is 0.224 e. The van der Waals surface area contributed by atoms with Crippen LogP contribution in [-0.4, -0.2) is 15.0 Å². The Kier molecular flexibility index (Phi) is 2.37. The molecule has 1 N–H and O–H groups in total. The lowest BCUT2D eigenvalue weighted by Crippen LogP contribution is -1.93. The summed E-state index contributed by atoms with van der Waals surface area (Å²) in [6.07, 6.45) is 3.31. The molecule has 0 aliphatic carbocycles. The van der Waals surface area contributed by atoms with Gasteiger partial charge in [0.15, 0.2) is 5.13 Å². The maximum atomic E-state index is 5.61. The molecule has 0 amide bonds. The van der Waals surface area contributed by atoms with Crippen LogP contribution in [0.5, 0.6) is 0 Å². The molecule has 0 fully saturated rings. The first-order valence-electron chi connectivity index (χ1n) is 3.49. The van der Waals surface area contributed by atoms with Crippen molar-refractivity contribution in [2.45, 2.75) is 0 Å². The van der Waals surface area contributed by atoms with Gasteiger partial charge in [-0.2, -0.15) is 0 Å². The molecule has 0 bridgehead atoms. The second-order valence-corrected chi connectivity index (χ2v) is 3.41. The quantitative estimate of drug-likeness (QED) is 0.777. The van der Waals surface area contributed by atoms with Crippen LogP contribution >= 0.6 is 22.9 Å². The van der Waals surface area contributed by atoms with E-state index in [-0.39, 0.29) is 5.28 Å². The first-order chi connectivity index (χ1) is 6.34. The number of halogens is 1. The highest BCUT2D eigenvalue weighted by Crippen LogP contribution is 2.16. The molecule has 0 spiro atoms. The van der Waals surface area contributed by atoms with Crippen molar-refractivity contribution in [1.82, 2.24) is 15.0 Å². The van der Waals surface area contributed by atoms with Crippen molar-refractivity contribution < 1.29 is 0 Å². The average Bonchev–Trinajstić information content (AvgIpc) is 2.57. The zero-order valence-electron chi connectivity index (χ0n) is 6.44. The van der Waals surface area contributed by atoms with Crippen LogP contribution in [0.1, 0.15) is 0 Å². The van der Waals surface area contributed by atoms with E-state index < -0.39 is 0 Å². The van der Waals surface area contributed by atoms with Crippen LogP contribution in [0.15, 0.2) is 23.8 Å². The lowest BCUT2D eigenvalue weighted by molar-refractivity contribution is 1.16. The smallest absolute Gasteiger partial charge is 0.224 e. The van der Waals surface area contributed by atoms with E-state index in [1.54, 1.807) is 18.5 Å². The molecule has 0 saturated heterocycles. The van der Waals surface area contributed by atoms with Gasteiger partial charge in [-0.1, -0.05) is 0 Å². The van der Waals surface area contributed by atoms with Crippen LogP contribution in [0.2, 0.25) is 5.28 Å². The molecule has 2 aromatic heterocycles. The summed E-state index contributed by atoms with van der Waals surface area (Å²) in [6, 6.07) is 1.73. The van der Waals surface area contributed by atoms with E-state index in [0.717, 1.165) is 5.13 Å². The minimum absolute atomic E-state index is 0.224. The summed E-state index contributed by atoms with van der Waals surface area (Å²) < 4.78 is 0. The molecular formula is C7H5ClN4S. The van der Waals surface area contributed by atoms with Crippen molar-refractivity contribution in [1.29, 1.82) is 0 Å². The Morgan fingerprint density at radius 3 is 2.92 bits per heavy atom. The number of nitrogens with zero attached hydrogens (tertiary/aromatic N) is 3. The van der Waals surface area contributed by atoms with E-state index in [9.17, 15) is 0 Å². The molecule has 6 heteroatoms. The van der Waals surface area contributed by atoms with Gasteiger partial charge in [0.05, 0.1) is 0 Å². The summed E-state index contributed by atoms with van der Waals surface area (Å²) in [4.78, 5) is 11.8. The zero-order valence-corrected chi connectivity index (χ0v) is 8.01. The molecule has 13 heavy (non-hydrogen) atoms. The Morgan fingerprint density at radius 1 is 1.31 bits per heavy atom. The first kappa shape index (κ1) is 8.40. The minimum Gasteiger partial charge on any atom is -0.316 e. The van der Waals surface area contributed by atoms with Gasteiger partial charge in [-0.15, -0.1) is 11.3 Å². The number of anilines is 2. The molecule has 0 saturated carbocycles. The second-order valence-electron chi connectivity index (χ2n) is 2.17. The summed E-state index contributed by atoms with van der Waals surface area (Å²) in [5, 5.41) is 5.89. The fourth-order valence-corrected chi connectivity index (χ4v) is 1.48.